The van der Waals surface area contributed by atoms with Crippen LogP contribution in [0.3, 0.4) is 0 Å². The van der Waals surface area contributed by atoms with E-state index in [0.29, 0.717) is 16.3 Å². The predicted molar refractivity (Wildman–Crippen MR) is 149 cm³/mol. The summed E-state index contributed by atoms with van der Waals surface area (Å²) in [5.41, 5.74) is -2.86. The molecule has 3 N–H and O–H groups in total. The second-order valence-electron chi connectivity index (χ2n) is 10.3. The van der Waals surface area contributed by atoms with E-state index in [0.717, 1.165) is 22.9 Å². The maximum absolute atomic E-state index is 15.5. The number of aromatic amines is 2. The van der Waals surface area contributed by atoms with Crippen LogP contribution in [-0.4, -0.2) is 51.5 Å². The highest BCUT2D eigenvalue weighted by molar-refractivity contribution is 7.52. The van der Waals surface area contributed by atoms with Gasteiger partial charge in [0, 0.05) is 29.6 Å². The second kappa shape index (κ2) is 11.4. The summed E-state index contributed by atoms with van der Waals surface area (Å²) >= 11 is 0. The van der Waals surface area contributed by atoms with E-state index in [1.807, 2.05) is 4.98 Å². The fraction of sp³-hybridized carbons (Fsp3) is 0.370. The molecule has 0 aliphatic carbocycles. The van der Waals surface area contributed by atoms with Crippen molar-refractivity contribution in [1.82, 2.24) is 19.6 Å². The highest BCUT2D eigenvalue weighted by Crippen LogP contribution is 2.49. The Labute approximate surface area is 237 Å². The van der Waals surface area contributed by atoms with E-state index in [1.54, 1.807) is 38.1 Å². The first-order valence-electron chi connectivity index (χ1n) is 13.1. The molecule has 1 aliphatic heterocycles. The third kappa shape index (κ3) is 6.16. The molecule has 4 aromatic rings. The van der Waals surface area contributed by atoms with Crippen LogP contribution in [0.5, 0.6) is 5.75 Å². The highest BCUT2D eigenvalue weighted by Gasteiger charge is 2.48. The number of hydrogen-bond acceptors (Lipinski definition) is 8. The Morgan fingerprint density at radius 1 is 1.21 bits per heavy atom. The molecule has 3 heterocycles. The van der Waals surface area contributed by atoms with Crippen LogP contribution in [0.2, 0.25) is 0 Å². The number of H-pyrrole nitrogens is 2. The fourth-order valence-corrected chi connectivity index (χ4v) is 6.14. The van der Waals surface area contributed by atoms with Crippen LogP contribution in [-0.2, 0) is 23.4 Å². The van der Waals surface area contributed by atoms with Crippen molar-refractivity contribution in [2.24, 2.45) is 0 Å². The lowest BCUT2D eigenvalue weighted by atomic mass is 10.0. The zero-order valence-corrected chi connectivity index (χ0v) is 23.8. The lowest BCUT2D eigenvalue weighted by Gasteiger charge is -2.23. The topological polar surface area (TPSA) is 154 Å². The van der Waals surface area contributed by atoms with Gasteiger partial charge < -0.3 is 19.0 Å². The van der Waals surface area contributed by atoms with Gasteiger partial charge in [0.15, 0.2) is 11.9 Å². The van der Waals surface area contributed by atoms with Gasteiger partial charge in [-0.05, 0) is 39.0 Å². The number of halogens is 2. The Kier molecular flexibility index (Phi) is 8.08. The highest BCUT2D eigenvalue weighted by atomic mass is 31.2. The van der Waals surface area contributed by atoms with E-state index < -0.39 is 68.0 Å². The molecule has 5 rings (SSSR count). The van der Waals surface area contributed by atoms with Gasteiger partial charge in [-0.2, -0.15) is 0 Å². The molecule has 0 saturated carbocycles. The molecule has 0 spiro atoms. The molecule has 1 aliphatic rings. The number of hydrogen-bond donors (Lipinski definition) is 3. The molecule has 42 heavy (non-hydrogen) atoms. The minimum Gasteiger partial charge on any atom is -0.462 e. The average Bonchev–Trinajstić information content (AvgIpc) is 3.46. The van der Waals surface area contributed by atoms with Crippen molar-refractivity contribution in [2.45, 2.75) is 51.3 Å². The van der Waals surface area contributed by atoms with Crippen LogP contribution in [0.1, 0.15) is 33.4 Å². The molecular weight excluding hydrogens is 577 g/mol. The zero-order valence-electron chi connectivity index (χ0n) is 22.9. The molecule has 1 fully saturated rings. The van der Waals surface area contributed by atoms with E-state index in [4.69, 9.17) is 18.5 Å². The van der Waals surface area contributed by atoms with Crippen LogP contribution >= 0.6 is 7.75 Å². The van der Waals surface area contributed by atoms with Gasteiger partial charge in [-0.25, -0.2) is 23.2 Å². The average molecular weight is 607 g/mol. The molecular formula is C27H29F2N4O8P. The van der Waals surface area contributed by atoms with Gasteiger partial charge in [-0.1, -0.05) is 18.2 Å². The predicted octanol–water partition coefficient (Wildman–Crippen LogP) is 4.07. The van der Waals surface area contributed by atoms with Gasteiger partial charge >= 0.3 is 19.4 Å². The summed E-state index contributed by atoms with van der Waals surface area (Å²) in [6, 6.07) is 10.5. The van der Waals surface area contributed by atoms with Crippen LogP contribution in [0.15, 0.2) is 58.3 Å². The van der Waals surface area contributed by atoms with Gasteiger partial charge in [0.1, 0.15) is 18.1 Å². The van der Waals surface area contributed by atoms with E-state index in [1.165, 1.54) is 13.0 Å². The molecule has 4 atom stereocenters. The number of esters is 1. The molecule has 12 nitrogen and oxygen atoms in total. The molecule has 0 amide bonds. The van der Waals surface area contributed by atoms with E-state index in [-0.39, 0.29) is 17.7 Å². The third-order valence-corrected chi connectivity index (χ3v) is 8.04. The van der Waals surface area contributed by atoms with Crippen LogP contribution < -0.4 is 20.9 Å². The Bertz CT molecular complexity index is 1800. The summed E-state index contributed by atoms with van der Waals surface area (Å²) in [7, 11) is -4.42. The molecule has 0 radical (unpaired) electrons. The van der Waals surface area contributed by atoms with E-state index >= 15 is 4.39 Å². The van der Waals surface area contributed by atoms with E-state index in [9.17, 15) is 23.3 Å². The second-order valence-corrected chi connectivity index (χ2v) is 12.1. The lowest BCUT2D eigenvalue weighted by Crippen LogP contribution is -2.38. The van der Waals surface area contributed by atoms with Crippen molar-refractivity contribution in [2.75, 3.05) is 13.2 Å². The van der Waals surface area contributed by atoms with Gasteiger partial charge in [0.2, 0.25) is 0 Å². The fourth-order valence-electron chi connectivity index (χ4n) is 4.83. The maximum atomic E-state index is 15.5. The number of fused-ring (bicyclic) bond motifs is 3. The SMILES string of the molecule is CC(C)OC(=O)CNP(=O)(OCC1CC(C)(F)C(n2ccc(=O)[nH]c2=O)O1)Oc1ccc(F)c2[nH]c3ccccc3c12. The molecule has 0 bridgehead atoms. The van der Waals surface area contributed by atoms with Crippen molar-refractivity contribution < 1.29 is 36.7 Å². The largest absolute Gasteiger partial charge is 0.462 e. The molecule has 2 aromatic heterocycles. The minimum atomic E-state index is -4.42. The van der Waals surface area contributed by atoms with Crippen molar-refractivity contribution >= 4 is 35.5 Å². The number of rotatable bonds is 10. The summed E-state index contributed by atoms with van der Waals surface area (Å²) in [5, 5.41) is 3.35. The first-order valence-corrected chi connectivity index (χ1v) is 14.6. The number of nitrogens with zero attached hydrogens (tertiary/aromatic N) is 1. The first-order chi connectivity index (χ1) is 19.8. The summed E-state index contributed by atoms with van der Waals surface area (Å²) in [4.78, 5) is 40.9. The molecule has 224 valence electrons. The number of alkyl halides is 1. The summed E-state index contributed by atoms with van der Waals surface area (Å²) in [6.45, 7) is 3.47. The van der Waals surface area contributed by atoms with Crippen LogP contribution in [0.4, 0.5) is 8.78 Å². The van der Waals surface area contributed by atoms with Gasteiger partial charge in [0.25, 0.3) is 5.56 Å². The van der Waals surface area contributed by atoms with Crippen LogP contribution in [0, 0.1) is 5.82 Å². The number of ether oxygens (including phenoxy) is 2. The van der Waals surface area contributed by atoms with Gasteiger partial charge in [-0.15, -0.1) is 0 Å². The first kappa shape index (κ1) is 29.6. The smallest absolute Gasteiger partial charge is 0.459 e. The number of nitrogens with one attached hydrogen (secondary N) is 3. The molecule has 2 aromatic carbocycles. The van der Waals surface area contributed by atoms with Crippen molar-refractivity contribution in [3.63, 3.8) is 0 Å². The van der Waals surface area contributed by atoms with Crippen molar-refractivity contribution in [3.05, 3.63) is 75.3 Å². The zero-order chi connectivity index (χ0) is 30.2. The lowest BCUT2D eigenvalue weighted by molar-refractivity contribution is -0.145. The monoisotopic (exact) mass is 606 g/mol. The minimum absolute atomic E-state index is 0.00255. The number of aromatic nitrogens is 3. The molecule has 1 saturated heterocycles. The Hall–Kier alpha value is -3.84. The van der Waals surface area contributed by atoms with Gasteiger partial charge in [-0.3, -0.25) is 23.7 Å². The number of benzene rings is 2. The van der Waals surface area contributed by atoms with E-state index in [2.05, 4.69) is 10.1 Å². The quantitative estimate of drug-likeness (QED) is 0.179. The standard InChI is InChI=1S/C27H29F2N4O8P/c1-15(2)39-22(35)13-30-42(37,41-20-9-8-18(28)24-23(20)17-6-4-5-7-19(17)31-24)38-14-16-12-27(3,29)25(40-16)33-11-10-21(34)32-26(33)36/h4-11,15-16,25,31H,12-14H2,1-3H3,(H,30,37)(H,32,34,36). The van der Waals surface area contributed by atoms with Crippen molar-refractivity contribution in [1.29, 1.82) is 0 Å². The third-order valence-electron chi connectivity index (χ3n) is 6.57. The molecule has 4 unspecified atom stereocenters. The van der Waals surface area contributed by atoms with Crippen LogP contribution in [0.25, 0.3) is 21.8 Å². The summed E-state index contributed by atoms with van der Waals surface area (Å²) in [5.74, 6) is -1.31. The van der Waals surface area contributed by atoms with Gasteiger partial charge in [0.05, 0.1) is 29.7 Å². The number of para-hydroxylation sites is 1. The molecule has 15 heteroatoms. The number of carbonyl (C=O) groups excluding carboxylic acids is 1. The Balaban J connectivity index is 1.41. The summed E-state index contributed by atoms with van der Waals surface area (Å²) < 4.78 is 67.4. The maximum Gasteiger partial charge on any atom is 0.459 e. The van der Waals surface area contributed by atoms with Crippen molar-refractivity contribution in [3.8, 4) is 5.75 Å². The summed E-state index contributed by atoms with van der Waals surface area (Å²) in [6.07, 6.45) is -2.00. The Morgan fingerprint density at radius 3 is 2.71 bits per heavy atom. The Morgan fingerprint density at radius 2 is 1.98 bits per heavy atom. The number of carbonyl (C=O) groups is 1. The normalized spacial score (nSPS) is 22.0.